The number of aryl methyl sites for hydroxylation is 2. The first-order valence-electron chi connectivity index (χ1n) is 11.2. The highest BCUT2D eigenvalue weighted by Gasteiger charge is 2.23. The van der Waals surface area contributed by atoms with Gasteiger partial charge in [0.2, 0.25) is 5.69 Å². The van der Waals surface area contributed by atoms with E-state index in [0.717, 1.165) is 49.9 Å². The van der Waals surface area contributed by atoms with Gasteiger partial charge in [0, 0.05) is 22.9 Å². The fourth-order valence-electron chi connectivity index (χ4n) is 4.61. The molecule has 4 heteroatoms. The number of hydrogen-bond acceptors (Lipinski definition) is 2. The summed E-state index contributed by atoms with van der Waals surface area (Å²) in [6, 6.07) is 25.5. The van der Waals surface area contributed by atoms with Gasteiger partial charge in [0.15, 0.2) is 6.20 Å². The predicted molar refractivity (Wildman–Crippen MR) is 138 cm³/mol. The van der Waals surface area contributed by atoms with Crippen molar-refractivity contribution in [3.05, 3.63) is 84.1 Å². The average molecular weight is 448 g/mol. The zero-order valence-corrected chi connectivity index (χ0v) is 20.7. The number of fused-ring (bicyclic) bond motifs is 3. The second kappa shape index (κ2) is 7.72. The van der Waals surface area contributed by atoms with Crippen LogP contribution in [0.2, 0.25) is 19.6 Å². The van der Waals surface area contributed by atoms with Crippen molar-refractivity contribution in [2.75, 3.05) is 0 Å². The molecular weight excluding hydrogens is 420 g/mol. The number of benzene rings is 3. The van der Waals surface area contributed by atoms with Gasteiger partial charge in [-0.3, -0.25) is 0 Å². The maximum absolute atomic E-state index is 9.72. The Bertz CT molecular complexity index is 1560. The van der Waals surface area contributed by atoms with Crippen molar-refractivity contribution in [1.29, 1.82) is 5.26 Å². The molecule has 0 radical (unpaired) electrons. The van der Waals surface area contributed by atoms with Crippen LogP contribution in [0.1, 0.15) is 11.1 Å². The van der Waals surface area contributed by atoms with E-state index in [-0.39, 0.29) is 0 Å². The fourth-order valence-corrected chi connectivity index (χ4v) is 5.78. The van der Waals surface area contributed by atoms with Gasteiger partial charge in [-0.2, -0.15) is 5.26 Å². The molecule has 0 aliphatic heterocycles. The van der Waals surface area contributed by atoms with Gasteiger partial charge in [0.1, 0.15) is 18.2 Å². The molecule has 0 N–H and O–H groups in total. The summed E-state index contributed by atoms with van der Waals surface area (Å²) in [6.45, 7) is 9.18. The number of nitriles is 1. The number of pyridine rings is 1. The minimum Gasteiger partial charge on any atom is -0.455 e. The van der Waals surface area contributed by atoms with Crippen LogP contribution in [0.4, 0.5) is 0 Å². The monoisotopic (exact) mass is 447 g/mol. The van der Waals surface area contributed by atoms with E-state index >= 15 is 0 Å². The lowest BCUT2D eigenvalue weighted by molar-refractivity contribution is -0.660. The summed E-state index contributed by atoms with van der Waals surface area (Å²) in [6.07, 6.45) is 2.05. The summed E-state index contributed by atoms with van der Waals surface area (Å²) in [5.41, 5.74) is 7.71. The molecule has 0 atom stereocenters. The van der Waals surface area contributed by atoms with E-state index in [2.05, 4.69) is 99.0 Å². The zero-order valence-electron chi connectivity index (χ0n) is 19.7. The van der Waals surface area contributed by atoms with E-state index in [1.54, 1.807) is 0 Å². The Hall–Kier alpha value is -3.68. The fraction of sp³-hybridized carbons (Fsp3) is 0.172. The molecule has 2 heterocycles. The standard InChI is InChI=1S/C29H27N2OSi/c1-19-9-14-23-28-24(21-10-12-22(13-11-21)33(3,4)5)16-20(18-30)17-26(28)32-29(23)27(19)25-8-6-7-15-31(25)2/h6-17H,1-5H3/q+1. The Balaban J connectivity index is 1.84. The summed E-state index contributed by atoms with van der Waals surface area (Å²) in [5.74, 6) is 0. The number of hydrogen-bond donors (Lipinski definition) is 0. The molecule has 0 saturated carbocycles. The van der Waals surface area contributed by atoms with E-state index in [1.807, 2.05) is 18.2 Å². The van der Waals surface area contributed by atoms with Crippen molar-refractivity contribution in [2.24, 2.45) is 7.05 Å². The van der Waals surface area contributed by atoms with Crippen LogP contribution in [0.15, 0.2) is 77.3 Å². The van der Waals surface area contributed by atoms with Crippen LogP contribution in [0, 0.1) is 18.3 Å². The van der Waals surface area contributed by atoms with E-state index in [0.29, 0.717) is 5.56 Å². The third-order valence-electron chi connectivity index (χ3n) is 6.45. The van der Waals surface area contributed by atoms with Gasteiger partial charge in [-0.1, -0.05) is 61.2 Å². The van der Waals surface area contributed by atoms with E-state index < -0.39 is 8.07 Å². The summed E-state index contributed by atoms with van der Waals surface area (Å²) in [7, 11) is 0.662. The molecule has 0 aliphatic rings. The van der Waals surface area contributed by atoms with Crippen molar-refractivity contribution < 1.29 is 8.98 Å². The molecule has 0 aliphatic carbocycles. The molecule has 3 nitrogen and oxygen atoms in total. The Morgan fingerprint density at radius 3 is 2.36 bits per heavy atom. The second-order valence-corrected chi connectivity index (χ2v) is 14.8. The van der Waals surface area contributed by atoms with Crippen molar-refractivity contribution in [1.82, 2.24) is 0 Å². The first-order chi connectivity index (χ1) is 15.8. The molecule has 0 unspecified atom stereocenters. The van der Waals surface area contributed by atoms with Gasteiger partial charge < -0.3 is 4.42 Å². The number of rotatable bonds is 3. The van der Waals surface area contributed by atoms with Crippen molar-refractivity contribution in [3.8, 4) is 28.5 Å². The van der Waals surface area contributed by atoms with E-state index in [1.165, 1.54) is 5.19 Å². The molecule has 2 aromatic heterocycles. The summed E-state index contributed by atoms with van der Waals surface area (Å²) in [4.78, 5) is 0. The number of nitrogens with zero attached hydrogens (tertiary/aromatic N) is 2. The van der Waals surface area contributed by atoms with Gasteiger partial charge in [-0.15, -0.1) is 0 Å². The largest absolute Gasteiger partial charge is 0.455 e. The molecule has 5 rings (SSSR count). The Labute approximate surface area is 195 Å². The van der Waals surface area contributed by atoms with Crippen LogP contribution < -0.4 is 9.75 Å². The normalized spacial score (nSPS) is 11.8. The topological polar surface area (TPSA) is 40.8 Å². The number of furan rings is 1. The van der Waals surface area contributed by atoms with Crippen molar-refractivity contribution in [3.63, 3.8) is 0 Å². The first-order valence-corrected chi connectivity index (χ1v) is 14.7. The van der Waals surface area contributed by atoms with Crippen LogP contribution in [-0.2, 0) is 7.05 Å². The molecule has 0 amide bonds. The molecule has 33 heavy (non-hydrogen) atoms. The molecule has 0 fully saturated rings. The van der Waals surface area contributed by atoms with Gasteiger partial charge in [-0.25, -0.2) is 4.57 Å². The maximum atomic E-state index is 9.72. The Morgan fingerprint density at radius 2 is 1.70 bits per heavy atom. The van der Waals surface area contributed by atoms with Crippen LogP contribution in [0.25, 0.3) is 44.3 Å². The molecule has 0 saturated heterocycles. The molecule has 3 aromatic carbocycles. The van der Waals surface area contributed by atoms with Gasteiger partial charge in [0.05, 0.1) is 25.3 Å². The van der Waals surface area contributed by atoms with E-state index in [9.17, 15) is 5.26 Å². The highest BCUT2D eigenvalue weighted by Crippen LogP contribution is 2.41. The molecule has 162 valence electrons. The second-order valence-electron chi connectivity index (χ2n) is 9.77. The van der Waals surface area contributed by atoms with Crippen molar-refractivity contribution >= 4 is 35.2 Å². The third kappa shape index (κ3) is 3.55. The lowest BCUT2D eigenvalue weighted by Crippen LogP contribution is -2.37. The van der Waals surface area contributed by atoms with E-state index in [4.69, 9.17) is 4.42 Å². The Morgan fingerprint density at radius 1 is 0.939 bits per heavy atom. The van der Waals surface area contributed by atoms with Crippen molar-refractivity contribution in [2.45, 2.75) is 26.6 Å². The summed E-state index contributed by atoms with van der Waals surface area (Å²) in [5, 5.41) is 13.3. The first kappa shape index (κ1) is 21.2. The van der Waals surface area contributed by atoms with Gasteiger partial charge in [0.25, 0.3) is 0 Å². The number of aromatic nitrogens is 1. The van der Waals surface area contributed by atoms with Gasteiger partial charge in [-0.05, 0) is 41.8 Å². The smallest absolute Gasteiger partial charge is 0.216 e. The lowest BCUT2D eigenvalue weighted by Gasteiger charge is -2.17. The average Bonchev–Trinajstić information content (AvgIpc) is 3.17. The predicted octanol–water partition coefficient (Wildman–Crippen LogP) is 6.47. The van der Waals surface area contributed by atoms with Crippen LogP contribution in [-0.4, -0.2) is 8.07 Å². The van der Waals surface area contributed by atoms with Crippen LogP contribution in [0.5, 0.6) is 0 Å². The summed E-state index contributed by atoms with van der Waals surface area (Å²) < 4.78 is 8.62. The SMILES string of the molecule is Cc1ccc2c(oc3cc(C#N)cc(-c4ccc([Si](C)(C)C)cc4)c32)c1-c1cccc[n+]1C. The molecule has 5 aromatic rings. The molecule has 0 bridgehead atoms. The van der Waals surface area contributed by atoms with Gasteiger partial charge >= 0.3 is 0 Å². The Kier molecular flexibility index (Phi) is 4.95. The summed E-state index contributed by atoms with van der Waals surface area (Å²) >= 11 is 0. The zero-order chi connectivity index (χ0) is 23.3. The molecule has 0 spiro atoms. The maximum Gasteiger partial charge on any atom is 0.216 e. The lowest BCUT2D eigenvalue weighted by atomic mass is 9.95. The highest BCUT2D eigenvalue weighted by molar-refractivity contribution is 6.88. The van der Waals surface area contributed by atoms with Crippen LogP contribution in [0.3, 0.4) is 0 Å². The quantitative estimate of drug-likeness (QED) is 0.235. The molecular formula is C29H27N2OSi+. The minimum absolute atomic E-state index is 0.606. The van der Waals surface area contributed by atoms with Crippen LogP contribution >= 0.6 is 0 Å². The third-order valence-corrected chi connectivity index (χ3v) is 8.52. The minimum atomic E-state index is -1.39. The highest BCUT2D eigenvalue weighted by atomic mass is 28.3.